The second-order valence-corrected chi connectivity index (χ2v) is 3.57. The first-order chi connectivity index (χ1) is 8.62. The van der Waals surface area contributed by atoms with Crippen molar-refractivity contribution < 1.29 is 23.8 Å². The molecular formula is C13H15O5. The van der Waals surface area contributed by atoms with Crippen LogP contribution in [-0.4, -0.2) is 33.3 Å². The number of carbonyl (C=O) groups excluding carboxylic acids is 2. The summed E-state index contributed by atoms with van der Waals surface area (Å²) in [6, 6.07) is 7.99. The fourth-order valence-electron chi connectivity index (χ4n) is 1.52. The first-order valence-corrected chi connectivity index (χ1v) is 5.32. The van der Waals surface area contributed by atoms with Crippen LogP contribution in [0.4, 0.5) is 0 Å². The van der Waals surface area contributed by atoms with Crippen LogP contribution in [0.25, 0.3) is 0 Å². The van der Waals surface area contributed by atoms with E-state index in [0.29, 0.717) is 5.75 Å². The van der Waals surface area contributed by atoms with Gasteiger partial charge in [0.05, 0.1) is 21.3 Å². The summed E-state index contributed by atoms with van der Waals surface area (Å²) in [6.07, 6.45) is 0.199. The normalized spacial score (nSPS) is 10.0. The van der Waals surface area contributed by atoms with E-state index < -0.39 is 17.9 Å². The van der Waals surface area contributed by atoms with E-state index in [0.717, 1.165) is 5.56 Å². The van der Waals surface area contributed by atoms with Gasteiger partial charge in [-0.25, -0.2) is 0 Å². The first kappa shape index (κ1) is 14.0. The summed E-state index contributed by atoms with van der Waals surface area (Å²) in [5, 5.41) is 0. The van der Waals surface area contributed by atoms with E-state index in [2.05, 4.69) is 15.5 Å². The monoisotopic (exact) mass is 251 g/mol. The second-order valence-electron chi connectivity index (χ2n) is 3.57. The summed E-state index contributed by atoms with van der Waals surface area (Å²) in [7, 11) is 3.99. The molecule has 1 aromatic carbocycles. The quantitative estimate of drug-likeness (QED) is 0.577. The molecule has 0 saturated heterocycles. The van der Waals surface area contributed by atoms with E-state index in [-0.39, 0.29) is 6.42 Å². The van der Waals surface area contributed by atoms with Crippen LogP contribution in [0.5, 0.6) is 5.75 Å². The lowest BCUT2D eigenvalue weighted by Gasteiger charge is -2.12. The van der Waals surface area contributed by atoms with Crippen LogP contribution >= 0.6 is 0 Å². The van der Waals surface area contributed by atoms with Crippen LogP contribution in [0.1, 0.15) is 5.56 Å². The number of benzene rings is 1. The van der Waals surface area contributed by atoms with Gasteiger partial charge in [0.1, 0.15) is 5.75 Å². The predicted molar refractivity (Wildman–Crippen MR) is 63.1 cm³/mol. The molecule has 0 aliphatic carbocycles. The number of hydrogen-bond donors (Lipinski definition) is 0. The minimum absolute atomic E-state index is 0.199. The number of ether oxygens (including phenoxy) is 3. The first-order valence-electron chi connectivity index (χ1n) is 5.32. The highest BCUT2D eigenvalue weighted by Gasteiger charge is 2.28. The molecule has 97 valence electrons. The maximum Gasteiger partial charge on any atom is 0.320 e. The third kappa shape index (κ3) is 3.48. The average molecular weight is 251 g/mol. The fraction of sp³-hybridized carbons (Fsp3) is 0.385. The van der Waals surface area contributed by atoms with Crippen molar-refractivity contribution in [2.75, 3.05) is 21.3 Å². The third-order valence-electron chi connectivity index (χ3n) is 2.47. The van der Waals surface area contributed by atoms with E-state index in [9.17, 15) is 9.59 Å². The van der Waals surface area contributed by atoms with Crippen LogP contribution in [0, 0.1) is 12.0 Å². The number of methoxy groups -OCH3 is 3. The Morgan fingerprint density at radius 3 is 2.33 bits per heavy atom. The Bertz CT molecular complexity index is 411. The van der Waals surface area contributed by atoms with Crippen molar-refractivity contribution in [3.8, 4) is 5.75 Å². The molecule has 0 spiro atoms. The van der Waals surface area contributed by atoms with Gasteiger partial charge < -0.3 is 14.2 Å². The van der Waals surface area contributed by atoms with Gasteiger partial charge in [-0.3, -0.25) is 9.59 Å². The standard InChI is InChI=1S/C13H15O5/c1-16-10-6-4-5-9(7-10)8-11(12(14)17-2)13(15)18-3/h4-5,7,11H,8H2,1-3H3. The Labute approximate surface area is 106 Å². The van der Waals surface area contributed by atoms with Gasteiger partial charge in [-0.05, 0) is 18.1 Å². The van der Waals surface area contributed by atoms with Crippen molar-refractivity contribution >= 4 is 11.9 Å². The van der Waals surface area contributed by atoms with Gasteiger partial charge in [0, 0.05) is 6.07 Å². The summed E-state index contributed by atoms with van der Waals surface area (Å²) < 4.78 is 14.2. The molecule has 1 radical (unpaired) electrons. The van der Waals surface area contributed by atoms with Crippen molar-refractivity contribution in [1.29, 1.82) is 0 Å². The number of carbonyl (C=O) groups is 2. The van der Waals surface area contributed by atoms with Gasteiger partial charge in [-0.15, -0.1) is 0 Å². The van der Waals surface area contributed by atoms with Crippen molar-refractivity contribution in [3.63, 3.8) is 0 Å². The van der Waals surface area contributed by atoms with Crippen LogP contribution in [0.2, 0.25) is 0 Å². The molecule has 0 atom stereocenters. The van der Waals surface area contributed by atoms with Crippen molar-refractivity contribution in [2.45, 2.75) is 6.42 Å². The molecule has 0 aliphatic heterocycles. The number of rotatable bonds is 5. The topological polar surface area (TPSA) is 61.8 Å². The number of esters is 2. The molecule has 0 aliphatic rings. The molecule has 0 N–H and O–H groups in total. The molecule has 0 saturated carbocycles. The average Bonchev–Trinajstić information content (AvgIpc) is 2.43. The summed E-state index contributed by atoms with van der Waals surface area (Å²) in [4.78, 5) is 23.0. The zero-order valence-corrected chi connectivity index (χ0v) is 10.6. The Morgan fingerprint density at radius 2 is 1.83 bits per heavy atom. The highest BCUT2D eigenvalue weighted by atomic mass is 16.5. The zero-order valence-electron chi connectivity index (χ0n) is 10.6. The number of hydrogen-bond acceptors (Lipinski definition) is 5. The van der Waals surface area contributed by atoms with Gasteiger partial charge in [0.25, 0.3) is 0 Å². The molecule has 0 bridgehead atoms. The summed E-state index contributed by atoms with van der Waals surface area (Å²) >= 11 is 0. The van der Waals surface area contributed by atoms with Crippen LogP contribution in [0.3, 0.4) is 0 Å². The lowest BCUT2D eigenvalue weighted by atomic mass is 9.99. The molecule has 0 fully saturated rings. The van der Waals surface area contributed by atoms with Gasteiger partial charge in [-0.1, -0.05) is 12.1 Å². The molecule has 0 aromatic heterocycles. The molecule has 18 heavy (non-hydrogen) atoms. The highest BCUT2D eigenvalue weighted by molar-refractivity contribution is 5.95. The van der Waals surface area contributed by atoms with Crippen molar-refractivity contribution in [2.24, 2.45) is 5.92 Å². The van der Waals surface area contributed by atoms with Gasteiger partial charge in [0.15, 0.2) is 5.92 Å². The highest BCUT2D eigenvalue weighted by Crippen LogP contribution is 2.17. The second kappa shape index (κ2) is 6.64. The van der Waals surface area contributed by atoms with Crippen molar-refractivity contribution in [3.05, 3.63) is 29.8 Å². The van der Waals surface area contributed by atoms with E-state index in [1.54, 1.807) is 18.2 Å². The van der Waals surface area contributed by atoms with Crippen LogP contribution in [0.15, 0.2) is 18.2 Å². The largest absolute Gasteiger partial charge is 0.496 e. The summed E-state index contributed by atoms with van der Waals surface area (Å²) in [5.41, 5.74) is 0.770. The smallest absolute Gasteiger partial charge is 0.320 e. The lowest BCUT2D eigenvalue weighted by Crippen LogP contribution is -2.28. The fourth-order valence-corrected chi connectivity index (χ4v) is 1.52. The SMILES string of the molecule is COC(=O)C(Cc1cc[c]c(OC)c1)C(=O)OC. The molecule has 0 unspecified atom stereocenters. The minimum Gasteiger partial charge on any atom is -0.496 e. The maximum absolute atomic E-state index is 11.5. The molecular weight excluding hydrogens is 236 g/mol. The molecule has 0 heterocycles. The lowest BCUT2D eigenvalue weighted by molar-refractivity contribution is -0.158. The van der Waals surface area contributed by atoms with Crippen LogP contribution in [-0.2, 0) is 25.5 Å². The molecule has 0 amide bonds. The van der Waals surface area contributed by atoms with Crippen LogP contribution < -0.4 is 4.74 Å². The summed E-state index contributed by atoms with van der Waals surface area (Å²) in [6.45, 7) is 0. The Kier molecular flexibility index (Phi) is 5.17. The van der Waals surface area contributed by atoms with Gasteiger partial charge >= 0.3 is 11.9 Å². The van der Waals surface area contributed by atoms with E-state index in [1.165, 1.54) is 21.3 Å². The van der Waals surface area contributed by atoms with Gasteiger partial charge in [-0.2, -0.15) is 0 Å². The van der Waals surface area contributed by atoms with E-state index >= 15 is 0 Å². The predicted octanol–water partition coefficient (Wildman–Crippen LogP) is 1.00. The zero-order chi connectivity index (χ0) is 13.5. The minimum atomic E-state index is -0.966. The molecule has 5 nitrogen and oxygen atoms in total. The Hall–Kier alpha value is -2.04. The molecule has 5 heteroatoms. The maximum atomic E-state index is 11.5. The molecule has 1 aromatic rings. The van der Waals surface area contributed by atoms with Crippen molar-refractivity contribution in [1.82, 2.24) is 0 Å². The van der Waals surface area contributed by atoms with E-state index in [1.807, 2.05) is 0 Å². The third-order valence-corrected chi connectivity index (χ3v) is 2.47. The summed E-state index contributed by atoms with van der Waals surface area (Å²) in [5.74, 6) is -1.66. The van der Waals surface area contributed by atoms with Gasteiger partial charge in [0.2, 0.25) is 0 Å². The van der Waals surface area contributed by atoms with E-state index in [4.69, 9.17) is 4.74 Å². The Balaban J connectivity index is 2.88. The Morgan fingerprint density at radius 1 is 1.22 bits per heavy atom. The molecule has 1 rings (SSSR count).